The molecule has 2 saturated heterocycles. The summed E-state index contributed by atoms with van der Waals surface area (Å²) < 4.78 is 11.7. The van der Waals surface area contributed by atoms with E-state index in [1.807, 2.05) is 72.8 Å². The molecule has 3 aliphatic rings. The summed E-state index contributed by atoms with van der Waals surface area (Å²) in [4.78, 5) is 160. The zero-order valence-corrected chi connectivity index (χ0v) is 61.3. The Labute approximate surface area is 658 Å². The van der Waals surface area contributed by atoms with E-state index in [9.17, 15) is 88.2 Å². The van der Waals surface area contributed by atoms with Crippen LogP contribution in [0.25, 0.3) is 11.1 Å². The molecule has 0 bridgehead atoms. The predicted octanol–water partition coefficient (Wildman–Crippen LogP) is -10.9. The van der Waals surface area contributed by atoms with Gasteiger partial charge in [0, 0.05) is 144 Å². The van der Waals surface area contributed by atoms with Gasteiger partial charge in [-0.25, -0.2) is 0 Å². The van der Waals surface area contributed by atoms with E-state index in [-0.39, 0.29) is 185 Å². The fourth-order valence-corrected chi connectivity index (χ4v) is 12.2. The van der Waals surface area contributed by atoms with Crippen LogP contribution >= 0.6 is 0 Å². The Kier molecular flexibility index (Phi) is 36.0. The summed E-state index contributed by atoms with van der Waals surface area (Å²) in [6.07, 6.45) is 0. The third-order valence-electron chi connectivity index (χ3n) is 17.5. The molecule has 0 aromatic heterocycles. The second kappa shape index (κ2) is 43.0. The number of carboxylic acid groups (broad SMARTS) is 6. The van der Waals surface area contributed by atoms with E-state index in [2.05, 4.69) is 32.3 Å². The number of nitrogens with zero attached hydrogens (tertiary/aromatic N) is 8. The number of hydrogen-bond acceptors (Lipinski definition) is 28. The van der Waals surface area contributed by atoms with Crippen molar-refractivity contribution in [2.24, 2.45) is 0 Å². The van der Waals surface area contributed by atoms with Crippen molar-refractivity contribution in [2.45, 2.75) is 31.3 Å². The first kappa shape index (κ1) is 86.1. The molecule has 4 aromatic carbocycles. The number of hydrazine groups is 2. The number of carboxylic acids is 6. The van der Waals surface area contributed by atoms with Gasteiger partial charge in [-0.2, -0.15) is 0 Å². The molecule has 556 valence electrons. The van der Waals surface area contributed by atoms with Crippen LogP contribution in [0.1, 0.15) is 36.1 Å². The van der Waals surface area contributed by atoms with Crippen molar-refractivity contribution < 1.29 is 178 Å². The van der Waals surface area contributed by atoms with Gasteiger partial charge < -0.3 is 79.5 Å². The van der Waals surface area contributed by atoms with Crippen LogP contribution in [0.5, 0.6) is 11.5 Å². The minimum Gasteiger partial charge on any atom is -0.549 e. The standard InChI is InChI=1S/C67H88N14O20.2Gd/c1-45(80-31-27-76(39-61(90)91)23-19-74(37-59(86)87)20-24-77(28-32-80)40-62(92)93)65(98)68-35-55(82)70-72-57(84)43-100-49-15-11-47(12-16-49)67(53-9-5-3-7-51(53)52-8-4-6-10-54(52)67)48-13-17-50(18-14-48)101-44-58(85)73-71-56(83)36-69-66(99)46(2)81-33-29-78(41-63(94)95)25-21-75(38-60(88)89)22-26-79(30-34-81)42-64(96)97;;/h3-18,45-46H,19-44H2,1-2H3,(H,68,98)(H,69,99)(H,70,82)(H,71,83)(H,72,84)(H,73,85)(H,86,87)(H,88,89)(H,90,91)(H,92,93)(H,94,95)(H,96,97);;/q;2*+3/p-6. The van der Waals surface area contributed by atoms with Gasteiger partial charge in [-0.1, -0.05) is 72.8 Å². The number of benzene rings is 4. The number of carbonyl (C=O) groups excluding carboxylic acids is 12. The zero-order chi connectivity index (χ0) is 73.2. The summed E-state index contributed by atoms with van der Waals surface area (Å²) in [5, 5.41) is 74.3. The maximum atomic E-state index is 13.4. The molecule has 2 fully saturated rings. The Morgan fingerprint density at radius 2 is 0.602 bits per heavy atom. The average Bonchev–Trinajstić information content (AvgIpc) is 1.55. The van der Waals surface area contributed by atoms with Crippen LogP contribution in [0.15, 0.2) is 97.1 Å². The molecule has 2 atom stereocenters. The van der Waals surface area contributed by atoms with Gasteiger partial charge in [0.05, 0.1) is 66.4 Å². The van der Waals surface area contributed by atoms with E-state index in [0.717, 1.165) is 33.4 Å². The number of amides is 6. The van der Waals surface area contributed by atoms with Gasteiger partial charge in [0.25, 0.3) is 23.6 Å². The van der Waals surface area contributed by atoms with Crippen molar-refractivity contribution >= 4 is 71.3 Å². The Hall–Kier alpha value is -7.55. The second-order valence-electron chi connectivity index (χ2n) is 24.4. The molecular formula is C67H82Gd2N14O20. The molecule has 2 radical (unpaired) electrons. The van der Waals surface area contributed by atoms with Crippen molar-refractivity contribution in [3.8, 4) is 22.6 Å². The van der Waals surface area contributed by atoms with E-state index in [1.54, 1.807) is 47.9 Å². The van der Waals surface area contributed by atoms with E-state index in [0.29, 0.717) is 11.5 Å². The Balaban J connectivity index is 0.00000954. The Morgan fingerprint density at radius 1 is 0.359 bits per heavy atom. The number of fused-ring (bicyclic) bond motifs is 3. The first-order valence-electron chi connectivity index (χ1n) is 32.7. The van der Waals surface area contributed by atoms with Crippen LogP contribution in [0.2, 0.25) is 0 Å². The largest absolute Gasteiger partial charge is 3.00 e. The molecule has 2 aliphatic heterocycles. The molecule has 6 amide bonds. The Morgan fingerprint density at radius 3 is 0.864 bits per heavy atom. The summed E-state index contributed by atoms with van der Waals surface area (Å²) in [6.45, 7) is -0.192. The summed E-state index contributed by atoms with van der Waals surface area (Å²) in [5.41, 5.74) is 13.6. The number of rotatable bonds is 28. The number of carbonyl (C=O) groups is 12. The van der Waals surface area contributed by atoms with Crippen molar-refractivity contribution in [1.82, 2.24) is 71.5 Å². The smallest absolute Gasteiger partial charge is 0.549 e. The summed E-state index contributed by atoms with van der Waals surface area (Å²) in [7, 11) is 0. The van der Waals surface area contributed by atoms with Gasteiger partial charge in [0.2, 0.25) is 11.8 Å². The van der Waals surface area contributed by atoms with E-state index in [1.165, 1.54) is 29.4 Å². The number of ether oxygens (including phenoxy) is 2. The fraction of sp³-hybridized carbons (Fsp3) is 0.463. The quantitative estimate of drug-likeness (QED) is 0.0253. The zero-order valence-electron chi connectivity index (χ0n) is 56.7. The minimum absolute atomic E-state index is 0. The van der Waals surface area contributed by atoms with Crippen LogP contribution in [0.3, 0.4) is 0 Å². The second-order valence-corrected chi connectivity index (χ2v) is 24.4. The first-order valence-corrected chi connectivity index (χ1v) is 32.7. The first-order chi connectivity index (χ1) is 48.3. The molecule has 103 heavy (non-hydrogen) atoms. The molecule has 6 N–H and O–H groups in total. The van der Waals surface area contributed by atoms with E-state index in [4.69, 9.17) is 9.47 Å². The van der Waals surface area contributed by atoms with E-state index < -0.39 is 154 Å². The summed E-state index contributed by atoms with van der Waals surface area (Å²) in [6, 6.07) is 28.3. The topological polar surface area (TPSA) is 460 Å². The number of hydrogen-bond donors (Lipinski definition) is 6. The van der Waals surface area contributed by atoms with Gasteiger partial charge >= 0.3 is 79.9 Å². The molecule has 0 saturated carbocycles. The van der Waals surface area contributed by atoms with Crippen LogP contribution in [0.4, 0.5) is 0 Å². The predicted molar refractivity (Wildman–Crippen MR) is 344 cm³/mol. The van der Waals surface area contributed by atoms with Crippen LogP contribution in [0, 0.1) is 79.9 Å². The third kappa shape index (κ3) is 27.1. The number of aliphatic carboxylic acids is 6. The molecule has 4 aromatic rings. The third-order valence-corrected chi connectivity index (χ3v) is 17.5. The molecule has 0 spiro atoms. The normalized spacial score (nSPS) is 16.8. The molecular weight excluding hydrogens is 1640 g/mol. The van der Waals surface area contributed by atoms with Crippen molar-refractivity contribution in [2.75, 3.05) is 170 Å². The maximum Gasteiger partial charge on any atom is 3.00 e. The monoisotopic (exact) mass is 1720 g/mol. The number of nitrogens with one attached hydrogen (secondary N) is 6. The average molecular weight is 1720 g/mol. The summed E-state index contributed by atoms with van der Waals surface area (Å²) >= 11 is 0. The van der Waals surface area contributed by atoms with Gasteiger partial charge in [-0.05, 0) is 71.5 Å². The van der Waals surface area contributed by atoms with E-state index >= 15 is 0 Å². The van der Waals surface area contributed by atoms with Crippen LogP contribution in [-0.4, -0.2) is 293 Å². The van der Waals surface area contributed by atoms with Gasteiger partial charge in [-0.15, -0.1) is 0 Å². The van der Waals surface area contributed by atoms with Crippen LogP contribution < -0.4 is 72.4 Å². The van der Waals surface area contributed by atoms with Gasteiger partial charge in [-0.3, -0.25) is 89.7 Å². The summed E-state index contributed by atoms with van der Waals surface area (Å²) in [5.74, 6) is -11.9. The van der Waals surface area contributed by atoms with Crippen molar-refractivity contribution in [3.63, 3.8) is 0 Å². The Bertz CT molecular complexity index is 3290. The molecule has 1 aliphatic carbocycles. The SMILES string of the molecule is CC(C(=O)NCC(=O)NNC(=O)COc1ccc(C2(c3ccc(OCC(=O)NNC(=O)CNC(=O)C(C)N4CCN(CC(=O)[O-])CCN(CC(=O)[O-])CCN(CC(=O)[O-])CC4)cc3)c3ccccc3-c3ccccc32)cc1)N1CCN(CC(=O)[O-])CCN(CC(=O)[O-])CCN(CC(=O)[O-])CC1.[Gd+3].[Gd+3]. The van der Waals surface area contributed by atoms with Crippen molar-refractivity contribution in [3.05, 3.63) is 119 Å². The molecule has 2 heterocycles. The van der Waals surface area contributed by atoms with Gasteiger partial charge in [0.15, 0.2) is 13.2 Å². The maximum absolute atomic E-state index is 13.4. The molecule has 34 nitrogen and oxygen atoms in total. The minimum atomic E-state index is -1.37. The van der Waals surface area contributed by atoms with Crippen LogP contribution in [-0.2, 0) is 62.9 Å². The van der Waals surface area contributed by atoms with Crippen molar-refractivity contribution in [1.29, 1.82) is 0 Å². The molecule has 2 unspecified atom stereocenters. The molecule has 36 heteroatoms. The fourth-order valence-electron chi connectivity index (χ4n) is 12.2. The van der Waals surface area contributed by atoms with Gasteiger partial charge in [0.1, 0.15) is 11.5 Å². The molecule has 7 rings (SSSR count).